The molecule has 0 saturated carbocycles. The Morgan fingerprint density at radius 2 is 2.19 bits per heavy atom. The third-order valence-corrected chi connectivity index (χ3v) is 3.70. The number of halogens is 1. The van der Waals surface area contributed by atoms with Gasteiger partial charge < -0.3 is 4.57 Å². The van der Waals surface area contributed by atoms with Gasteiger partial charge in [-0.1, -0.05) is 21.1 Å². The highest BCUT2D eigenvalue weighted by Crippen LogP contribution is 2.20. The summed E-state index contributed by atoms with van der Waals surface area (Å²) in [6.45, 7) is 1.35. The summed E-state index contributed by atoms with van der Waals surface area (Å²) >= 11 is 3.46. The molecule has 2 aromatic heterocycles. The number of hydrogen-bond acceptors (Lipinski definition) is 4. The lowest BCUT2D eigenvalue weighted by atomic mass is 10.2. The number of carbonyl (C=O) groups is 1. The maximum atomic E-state index is 11.3. The van der Waals surface area contributed by atoms with Gasteiger partial charge in [0.1, 0.15) is 0 Å². The topological polar surface area (TPSA) is 90.8 Å². The van der Waals surface area contributed by atoms with Crippen molar-refractivity contribution >= 4 is 32.7 Å². The van der Waals surface area contributed by atoms with E-state index >= 15 is 0 Å². The Balaban J connectivity index is 1.74. The average Bonchev–Trinajstić information content (AvgIpc) is 3.10. The van der Waals surface area contributed by atoms with Crippen molar-refractivity contribution in [3.05, 3.63) is 46.8 Å². The first kappa shape index (κ1) is 13.8. The van der Waals surface area contributed by atoms with E-state index in [0.29, 0.717) is 6.54 Å². The minimum atomic E-state index is -0.447. The fourth-order valence-electron chi connectivity index (χ4n) is 2.16. The predicted molar refractivity (Wildman–Crippen MR) is 81.3 cm³/mol. The lowest BCUT2D eigenvalue weighted by Crippen LogP contribution is -2.30. The Morgan fingerprint density at radius 3 is 3.00 bits per heavy atom. The summed E-state index contributed by atoms with van der Waals surface area (Å²) in [6, 6.07) is 8.21. The number of amides is 1. The quantitative estimate of drug-likeness (QED) is 0.422. The van der Waals surface area contributed by atoms with Gasteiger partial charge in [0.05, 0.1) is 12.7 Å². The third kappa shape index (κ3) is 2.81. The predicted octanol–water partition coefficient (Wildman–Crippen LogP) is 1.30. The zero-order valence-corrected chi connectivity index (χ0v) is 12.6. The fraction of sp³-hybridized carbons (Fsp3) is 0.154. The van der Waals surface area contributed by atoms with Crippen LogP contribution in [0.4, 0.5) is 0 Å². The molecule has 2 heterocycles. The summed E-state index contributed by atoms with van der Waals surface area (Å²) in [5.41, 5.74) is 3.39. The van der Waals surface area contributed by atoms with Crippen molar-refractivity contribution in [3.63, 3.8) is 0 Å². The van der Waals surface area contributed by atoms with Gasteiger partial charge in [-0.3, -0.25) is 10.2 Å². The molecule has 0 radical (unpaired) electrons. The van der Waals surface area contributed by atoms with Gasteiger partial charge in [0.15, 0.2) is 5.69 Å². The van der Waals surface area contributed by atoms with Crippen LogP contribution in [0.1, 0.15) is 10.5 Å². The van der Waals surface area contributed by atoms with Crippen LogP contribution in [-0.4, -0.2) is 25.5 Å². The largest absolute Gasteiger partial charge is 0.346 e. The molecular weight excluding hydrogens is 336 g/mol. The highest BCUT2D eigenvalue weighted by molar-refractivity contribution is 9.10. The Kier molecular flexibility index (Phi) is 3.72. The number of aryl methyl sites for hydroxylation is 2. The molecular formula is C13H13BrN6O. The lowest BCUT2D eigenvalue weighted by Gasteiger charge is -2.05. The highest BCUT2D eigenvalue weighted by atomic mass is 79.9. The normalized spacial score (nSPS) is 11.0. The van der Waals surface area contributed by atoms with E-state index in [2.05, 4.69) is 49.0 Å². The minimum Gasteiger partial charge on any atom is -0.346 e. The zero-order valence-electron chi connectivity index (χ0n) is 11.0. The molecule has 0 aliphatic heterocycles. The van der Waals surface area contributed by atoms with Gasteiger partial charge in [-0.2, -0.15) is 0 Å². The first-order valence-corrected chi connectivity index (χ1v) is 7.12. The summed E-state index contributed by atoms with van der Waals surface area (Å²) in [4.78, 5) is 11.3. The maximum absolute atomic E-state index is 11.3. The van der Waals surface area contributed by atoms with Crippen LogP contribution in [0.3, 0.4) is 0 Å². The Morgan fingerprint density at radius 1 is 1.33 bits per heavy atom. The minimum absolute atomic E-state index is 0.207. The SMILES string of the molecule is NNC(=O)c1cn(CCn2ccc3cc(Br)ccc32)nn1. The zero-order chi connectivity index (χ0) is 14.8. The van der Waals surface area contributed by atoms with E-state index in [9.17, 15) is 4.79 Å². The van der Waals surface area contributed by atoms with E-state index in [1.54, 1.807) is 10.9 Å². The Bertz CT molecular complexity index is 793. The van der Waals surface area contributed by atoms with Gasteiger partial charge in [-0.15, -0.1) is 5.10 Å². The highest BCUT2D eigenvalue weighted by Gasteiger charge is 2.09. The Hall–Kier alpha value is -2.19. The Labute approximate surface area is 128 Å². The van der Waals surface area contributed by atoms with Crippen LogP contribution in [0.15, 0.2) is 41.1 Å². The number of fused-ring (bicyclic) bond motifs is 1. The van der Waals surface area contributed by atoms with Crippen molar-refractivity contribution in [2.45, 2.75) is 13.1 Å². The van der Waals surface area contributed by atoms with E-state index < -0.39 is 5.91 Å². The maximum Gasteiger partial charge on any atom is 0.287 e. The number of hydrogen-bond donors (Lipinski definition) is 2. The number of nitrogens with one attached hydrogen (secondary N) is 1. The van der Waals surface area contributed by atoms with E-state index in [1.807, 2.05) is 17.7 Å². The van der Waals surface area contributed by atoms with Crippen LogP contribution >= 0.6 is 15.9 Å². The molecule has 0 bridgehead atoms. The number of rotatable bonds is 4. The molecule has 8 heteroatoms. The fourth-order valence-corrected chi connectivity index (χ4v) is 2.54. The van der Waals surface area contributed by atoms with Crippen molar-refractivity contribution in [2.24, 2.45) is 5.84 Å². The molecule has 1 amide bonds. The van der Waals surface area contributed by atoms with Crippen LogP contribution in [0, 0.1) is 0 Å². The van der Waals surface area contributed by atoms with Crippen molar-refractivity contribution in [1.29, 1.82) is 0 Å². The molecule has 0 atom stereocenters. The molecule has 3 aromatic rings. The van der Waals surface area contributed by atoms with E-state index in [1.165, 1.54) is 5.39 Å². The first-order chi connectivity index (χ1) is 10.2. The standard InChI is InChI=1S/C13H13BrN6O/c14-10-1-2-12-9(7-10)3-4-19(12)5-6-20-8-11(17-18-20)13(21)16-15/h1-4,7-8H,5-6,15H2,(H,16,21). The number of aromatic nitrogens is 4. The van der Waals surface area contributed by atoms with Crippen molar-refractivity contribution in [2.75, 3.05) is 0 Å². The summed E-state index contributed by atoms with van der Waals surface area (Å²) in [6.07, 6.45) is 3.60. The second kappa shape index (κ2) is 5.66. The van der Waals surface area contributed by atoms with Gasteiger partial charge in [0.25, 0.3) is 5.91 Å². The third-order valence-electron chi connectivity index (χ3n) is 3.21. The summed E-state index contributed by atoms with van der Waals surface area (Å²) in [5.74, 6) is 4.61. The van der Waals surface area contributed by atoms with Gasteiger partial charge in [-0.05, 0) is 24.3 Å². The smallest absolute Gasteiger partial charge is 0.287 e. The van der Waals surface area contributed by atoms with Gasteiger partial charge in [0, 0.05) is 28.1 Å². The van der Waals surface area contributed by atoms with Gasteiger partial charge >= 0.3 is 0 Å². The number of hydrazine groups is 1. The number of benzene rings is 1. The van der Waals surface area contributed by atoms with E-state index in [0.717, 1.165) is 16.5 Å². The van der Waals surface area contributed by atoms with Crippen LogP contribution in [0.25, 0.3) is 10.9 Å². The van der Waals surface area contributed by atoms with Gasteiger partial charge in [0.2, 0.25) is 0 Å². The lowest BCUT2D eigenvalue weighted by molar-refractivity contribution is 0.0948. The average molecular weight is 349 g/mol. The molecule has 1 aromatic carbocycles. The van der Waals surface area contributed by atoms with Crippen molar-refractivity contribution in [3.8, 4) is 0 Å². The summed E-state index contributed by atoms with van der Waals surface area (Å²) in [5, 5.41) is 8.85. The molecule has 0 aliphatic carbocycles. The molecule has 0 aliphatic rings. The molecule has 0 spiro atoms. The molecule has 0 saturated heterocycles. The summed E-state index contributed by atoms with van der Waals surface area (Å²) in [7, 11) is 0. The molecule has 0 unspecified atom stereocenters. The van der Waals surface area contributed by atoms with Crippen LogP contribution in [0.5, 0.6) is 0 Å². The molecule has 7 nitrogen and oxygen atoms in total. The van der Waals surface area contributed by atoms with Crippen molar-refractivity contribution < 1.29 is 4.79 Å². The number of carbonyl (C=O) groups excluding carboxylic acids is 1. The summed E-state index contributed by atoms with van der Waals surface area (Å²) < 4.78 is 4.81. The number of nitrogens with zero attached hydrogens (tertiary/aromatic N) is 4. The molecule has 3 rings (SSSR count). The molecule has 0 fully saturated rings. The first-order valence-electron chi connectivity index (χ1n) is 6.33. The number of nitrogens with two attached hydrogens (primary N) is 1. The van der Waals surface area contributed by atoms with E-state index in [4.69, 9.17) is 5.84 Å². The van der Waals surface area contributed by atoms with E-state index in [-0.39, 0.29) is 5.69 Å². The second-order valence-corrected chi connectivity index (χ2v) is 5.47. The van der Waals surface area contributed by atoms with Gasteiger partial charge in [-0.25, -0.2) is 10.5 Å². The second-order valence-electron chi connectivity index (χ2n) is 4.55. The van der Waals surface area contributed by atoms with Crippen LogP contribution in [0.2, 0.25) is 0 Å². The molecule has 3 N–H and O–H groups in total. The molecule has 21 heavy (non-hydrogen) atoms. The van der Waals surface area contributed by atoms with Crippen LogP contribution in [-0.2, 0) is 13.1 Å². The van der Waals surface area contributed by atoms with Crippen molar-refractivity contribution in [1.82, 2.24) is 25.0 Å². The van der Waals surface area contributed by atoms with Crippen LogP contribution < -0.4 is 11.3 Å². The molecule has 108 valence electrons. The monoisotopic (exact) mass is 348 g/mol. The number of nitrogen functional groups attached to an aromatic ring is 1.